The molecule has 0 radical (unpaired) electrons. The number of hydrogen-bond acceptors (Lipinski definition) is 5. The van der Waals surface area contributed by atoms with Crippen molar-refractivity contribution in [2.24, 2.45) is 11.5 Å². The van der Waals surface area contributed by atoms with Crippen molar-refractivity contribution in [2.75, 3.05) is 26.9 Å². The third-order valence-corrected chi connectivity index (χ3v) is 3.52. The minimum Gasteiger partial charge on any atom is -0.496 e. The molecular formula is C14H21N3O3. The quantitative estimate of drug-likeness (QED) is 0.781. The molecule has 1 aliphatic rings. The zero-order chi connectivity index (χ0) is 14.5. The monoisotopic (exact) mass is 279 g/mol. The van der Waals surface area contributed by atoms with Crippen LogP contribution in [-0.2, 0) is 22.6 Å². The first-order valence-electron chi connectivity index (χ1n) is 6.62. The van der Waals surface area contributed by atoms with Crippen molar-refractivity contribution in [3.8, 4) is 5.75 Å². The summed E-state index contributed by atoms with van der Waals surface area (Å²) in [4.78, 5) is 13.5. The van der Waals surface area contributed by atoms with Crippen molar-refractivity contribution in [1.82, 2.24) is 4.90 Å². The molecule has 1 atom stereocenters. The van der Waals surface area contributed by atoms with Crippen molar-refractivity contribution in [1.29, 1.82) is 0 Å². The Balaban J connectivity index is 2.20. The molecule has 6 nitrogen and oxygen atoms in total. The van der Waals surface area contributed by atoms with Gasteiger partial charge in [-0.25, -0.2) is 0 Å². The number of amides is 1. The van der Waals surface area contributed by atoms with Crippen LogP contribution in [0.4, 0.5) is 0 Å². The Morgan fingerprint density at radius 3 is 3.00 bits per heavy atom. The third kappa shape index (κ3) is 3.27. The van der Waals surface area contributed by atoms with Crippen LogP contribution in [0.5, 0.6) is 5.75 Å². The van der Waals surface area contributed by atoms with Gasteiger partial charge in [0.05, 0.1) is 20.3 Å². The standard InChI is InChI=1S/C14H21N3O3/c1-19-13-3-2-10(7-15)6-11(13)8-17-4-5-20-9-12(17)14(16)18/h2-3,6,12H,4-5,7-9,15H2,1H3,(H2,16,18). The minimum absolute atomic E-state index is 0.341. The van der Waals surface area contributed by atoms with Crippen molar-refractivity contribution < 1.29 is 14.3 Å². The highest BCUT2D eigenvalue weighted by molar-refractivity contribution is 5.80. The lowest BCUT2D eigenvalue weighted by Crippen LogP contribution is -2.51. The predicted octanol–water partition coefficient (Wildman–Crippen LogP) is -0.160. The second kappa shape index (κ2) is 6.69. The first-order valence-corrected chi connectivity index (χ1v) is 6.62. The van der Waals surface area contributed by atoms with Crippen LogP contribution in [0.1, 0.15) is 11.1 Å². The molecular weight excluding hydrogens is 258 g/mol. The molecule has 0 aliphatic carbocycles. The van der Waals surface area contributed by atoms with Crippen LogP contribution in [0.3, 0.4) is 0 Å². The molecule has 0 aromatic heterocycles. The molecule has 1 fully saturated rings. The van der Waals surface area contributed by atoms with Gasteiger partial charge in [0.25, 0.3) is 0 Å². The fraction of sp³-hybridized carbons (Fsp3) is 0.500. The van der Waals surface area contributed by atoms with Gasteiger partial charge in [-0.1, -0.05) is 6.07 Å². The average molecular weight is 279 g/mol. The van der Waals surface area contributed by atoms with Crippen molar-refractivity contribution in [2.45, 2.75) is 19.1 Å². The molecule has 1 unspecified atom stereocenters. The van der Waals surface area contributed by atoms with Crippen LogP contribution in [-0.4, -0.2) is 43.7 Å². The Bertz CT molecular complexity index is 479. The van der Waals surface area contributed by atoms with Crippen molar-refractivity contribution in [3.63, 3.8) is 0 Å². The van der Waals surface area contributed by atoms with Gasteiger partial charge in [-0.3, -0.25) is 9.69 Å². The number of benzene rings is 1. The number of nitrogens with two attached hydrogens (primary N) is 2. The summed E-state index contributed by atoms with van der Waals surface area (Å²) in [7, 11) is 1.63. The summed E-state index contributed by atoms with van der Waals surface area (Å²) >= 11 is 0. The Kier molecular flexibility index (Phi) is 4.94. The second-order valence-corrected chi connectivity index (χ2v) is 4.81. The topological polar surface area (TPSA) is 90.8 Å². The maximum Gasteiger partial charge on any atom is 0.237 e. The number of carbonyl (C=O) groups excluding carboxylic acids is 1. The Morgan fingerprint density at radius 1 is 1.55 bits per heavy atom. The molecule has 1 aromatic rings. The van der Waals surface area contributed by atoms with Gasteiger partial charge < -0.3 is 20.9 Å². The summed E-state index contributed by atoms with van der Waals surface area (Å²) in [6, 6.07) is 5.45. The number of ether oxygens (including phenoxy) is 2. The van der Waals surface area contributed by atoms with Gasteiger partial charge in [0.1, 0.15) is 11.8 Å². The van der Waals surface area contributed by atoms with Gasteiger partial charge in [-0.05, 0) is 17.7 Å². The molecule has 1 heterocycles. The van der Waals surface area contributed by atoms with Crippen LogP contribution < -0.4 is 16.2 Å². The first kappa shape index (κ1) is 14.8. The van der Waals surface area contributed by atoms with E-state index in [4.69, 9.17) is 20.9 Å². The van der Waals surface area contributed by atoms with Crippen LogP contribution in [0.25, 0.3) is 0 Å². The maximum atomic E-state index is 11.5. The fourth-order valence-corrected chi connectivity index (χ4v) is 2.39. The second-order valence-electron chi connectivity index (χ2n) is 4.81. The summed E-state index contributed by atoms with van der Waals surface area (Å²) in [5.74, 6) is 0.426. The summed E-state index contributed by atoms with van der Waals surface area (Å²) in [5, 5.41) is 0. The van der Waals surface area contributed by atoms with Crippen LogP contribution in [0.2, 0.25) is 0 Å². The first-order chi connectivity index (χ1) is 9.65. The van der Waals surface area contributed by atoms with Gasteiger partial charge in [0.2, 0.25) is 5.91 Å². The molecule has 2 rings (SSSR count). The number of rotatable bonds is 5. The summed E-state index contributed by atoms with van der Waals surface area (Å²) < 4.78 is 10.7. The van der Waals surface area contributed by atoms with E-state index in [1.54, 1.807) is 7.11 Å². The molecule has 0 bridgehead atoms. The van der Waals surface area contributed by atoms with E-state index in [-0.39, 0.29) is 5.91 Å². The Hall–Kier alpha value is -1.63. The summed E-state index contributed by atoms with van der Waals surface area (Å²) in [6.07, 6.45) is 0. The molecule has 0 spiro atoms. The highest BCUT2D eigenvalue weighted by atomic mass is 16.5. The smallest absolute Gasteiger partial charge is 0.237 e. The minimum atomic E-state index is -0.394. The van der Waals surface area contributed by atoms with Gasteiger partial charge >= 0.3 is 0 Å². The van der Waals surface area contributed by atoms with Crippen molar-refractivity contribution in [3.05, 3.63) is 29.3 Å². The molecule has 1 aliphatic heterocycles. The van der Waals surface area contributed by atoms with E-state index in [0.717, 1.165) is 16.9 Å². The lowest BCUT2D eigenvalue weighted by molar-refractivity contribution is -0.129. The van der Waals surface area contributed by atoms with Crippen LogP contribution >= 0.6 is 0 Å². The molecule has 20 heavy (non-hydrogen) atoms. The fourth-order valence-electron chi connectivity index (χ4n) is 2.39. The van der Waals surface area contributed by atoms with Crippen molar-refractivity contribution >= 4 is 5.91 Å². The predicted molar refractivity (Wildman–Crippen MR) is 75.1 cm³/mol. The van der Waals surface area contributed by atoms with E-state index in [1.165, 1.54) is 0 Å². The number of primary amides is 1. The van der Waals surface area contributed by atoms with E-state index < -0.39 is 6.04 Å². The molecule has 1 amide bonds. The normalized spacial score (nSPS) is 19.8. The Morgan fingerprint density at radius 2 is 2.35 bits per heavy atom. The Labute approximate surface area is 118 Å². The zero-order valence-electron chi connectivity index (χ0n) is 11.7. The maximum absolute atomic E-state index is 11.5. The van der Waals surface area contributed by atoms with Gasteiger partial charge in [-0.15, -0.1) is 0 Å². The molecule has 4 N–H and O–H groups in total. The van der Waals surface area contributed by atoms with Crippen LogP contribution in [0.15, 0.2) is 18.2 Å². The van der Waals surface area contributed by atoms with E-state index in [0.29, 0.717) is 32.8 Å². The van der Waals surface area contributed by atoms with Gasteiger partial charge in [0.15, 0.2) is 0 Å². The summed E-state index contributed by atoms with van der Waals surface area (Å²) in [5.41, 5.74) is 13.1. The lowest BCUT2D eigenvalue weighted by atomic mass is 10.1. The van der Waals surface area contributed by atoms with Crippen LogP contribution in [0, 0.1) is 0 Å². The SMILES string of the molecule is COc1ccc(CN)cc1CN1CCOCC1C(N)=O. The third-order valence-electron chi connectivity index (χ3n) is 3.52. The number of methoxy groups -OCH3 is 1. The molecule has 0 saturated carbocycles. The van der Waals surface area contributed by atoms with E-state index in [1.807, 2.05) is 23.1 Å². The van der Waals surface area contributed by atoms with Gasteiger partial charge in [0, 0.05) is 25.2 Å². The number of carbonyl (C=O) groups is 1. The summed E-state index contributed by atoms with van der Waals surface area (Å²) in [6.45, 7) is 2.67. The number of hydrogen-bond donors (Lipinski definition) is 2. The highest BCUT2D eigenvalue weighted by Gasteiger charge is 2.28. The number of morpholine rings is 1. The highest BCUT2D eigenvalue weighted by Crippen LogP contribution is 2.23. The average Bonchev–Trinajstić information content (AvgIpc) is 2.47. The molecule has 1 aromatic carbocycles. The molecule has 6 heteroatoms. The molecule has 110 valence electrons. The van der Waals surface area contributed by atoms with E-state index >= 15 is 0 Å². The number of nitrogens with zero attached hydrogens (tertiary/aromatic N) is 1. The van der Waals surface area contributed by atoms with Gasteiger partial charge in [-0.2, -0.15) is 0 Å². The lowest BCUT2D eigenvalue weighted by Gasteiger charge is -2.33. The van der Waals surface area contributed by atoms with E-state index in [9.17, 15) is 4.79 Å². The zero-order valence-corrected chi connectivity index (χ0v) is 11.7. The molecule has 1 saturated heterocycles. The van der Waals surface area contributed by atoms with E-state index in [2.05, 4.69) is 0 Å². The largest absolute Gasteiger partial charge is 0.496 e.